The number of hydrogen-bond donors (Lipinski definition) is 3. The fraction of sp³-hybridized carbons (Fsp3) is 0.700. The molecule has 0 heterocycles. The number of allylic oxidation sites excluding steroid dienone is 13. The highest BCUT2D eigenvalue weighted by Gasteiger charge is 2.17. The van der Waals surface area contributed by atoms with E-state index in [1.807, 2.05) is 13.0 Å². The van der Waals surface area contributed by atoms with Crippen molar-refractivity contribution in [2.24, 2.45) is 0 Å². The molecule has 2 atom stereocenters. The first-order valence-corrected chi connectivity index (χ1v) is 22.8. The van der Waals surface area contributed by atoms with Gasteiger partial charge in [0.2, 0.25) is 5.91 Å². The second kappa shape index (κ2) is 45.0. The van der Waals surface area contributed by atoms with Crippen LogP contribution in [0.25, 0.3) is 0 Å². The van der Waals surface area contributed by atoms with Gasteiger partial charge < -0.3 is 15.5 Å². The van der Waals surface area contributed by atoms with Crippen molar-refractivity contribution in [3.05, 3.63) is 85.1 Å². The molecule has 0 aliphatic carbocycles. The van der Waals surface area contributed by atoms with E-state index in [0.29, 0.717) is 6.42 Å². The normalized spacial score (nSPS) is 13.8. The molecule has 3 N–H and O–H groups in total. The van der Waals surface area contributed by atoms with Crippen molar-refractivity contribution in [2.75, 3.05) is 6.61 Å². The lowest BCUT2D eigenvalue weighted by molar-refractivity contribution is -0.123. The van der Waals surface area contributed by atoms with Gasteiger partial charge in [-0.1, -0.05) is 208 Å². The van der Waals surface area contributed by atoms with Gasteiger partial charge in [-0.05, 0) is 77.6 Å². The van der Waals surface area contributed by atoms with Crippen molar-refractivity contribution in [3.8, 4) is 0 Å². The first-order chi connectivity index (χ1) is 26.7. The number of hydrogen-bond acceptors (Lipinski definition) is 3. The Labute approximate surface area is 335 Å². The summed E-state index contributed by atoms with van der Waals surface area (Å²) in [5.41, 5.74) is 0. The van der Waals surface area contributed by atoms with Crippen molar-refractivity contribution in [1.82, 2.24) is 5.32 Å². The van der Waals surface area contributed by atoms with Gasteiger partial charge in [-0.3, -0.25) is 4.79 Å². The minimum absolute atomic E-state index is 0.0825. The number of unbranched alkanes of at least 4 members (excludes halogenated alkanes) is 22. The van der Waals surface area contributed by atoms with Gasteiger partial charge in [0, 0.05) is 6.42 Å². The molecule has 0 rings (SSSR count). The third-order valence-corrected chi connectivity index (χ3v) is 9.93. The number of rotatable bonds is 40. The molecule has 0 aliphatic rings. The summed E-state index contributed by atoms with van der Waals surface area (Å²) in [6.07, 6.45) is 66.0. The molecule has 0 spiro atoms. The first kappa shape index (κ1) is 51.6. The molecule has 54 heavy (non-hydrogen) atoms. The van der Waals surface area contributed by atoms with Crippen LogP contribution < -0.4 is 5.32 Å². The van der Waals surface area contributed by atoms with E-state index in [4.69, 9.17) is 0 Å². The van der Waals surface area contributed by atoms with E-state index in [2.05, 4.69) is 85.2 Å². The lowest BCUT2D eigenvalue weighted by atomic mass is 10.0. The lowest BCUT2D eigenvalue weighted by Crippen LogP contribution is -2.45. The maximum Gasteiger partial charge on any atom is 0.220 e. The summed E-state index contributed by atoms with van der Waals surface area (Å²) in [6, 6.07) is -0.645. The molecular weight excluding hydrogens is 663 g/mol. The van der Waals surface area contributed by atoms with Crippen LogP contribution in [0.5, 0.6) is 0 Å². The minimum atomic E-state index is -0.869. The van der Waals surface area contributed by atoms with Gasteiger partial charge in [-0.25, -0.2) is 0 Å². The van der Waals surface area contributed by atoms with E-state index in [1.165, 1.54) is 122 Å². The van der Waals surface area contributed by atoms with E-state index in [0.717, 1.165) is 64.2 Å². The van der Waals surface area contributed by atoms with Gasteiger partial charge in [0.25, 0.3) is 0 Å². The minimum Gasteiger partial charge on any atom is -0.394 e. The smallest absolute Gasteiger partial charge is 0.220 e. The summed E-state index contributed by atoms with van der Waals surface area (Å²) >= 11 is 0. The van der Waals surface area contributed by atoms with Crippen molar-refractivity contribution >= 4 is 5.91 Å². The third-order valence-electron chi connectivity index (χ3n) is 9.93. The van der Waals surface area contributed by atoms with Crippen molar-refractivity contribution in [1.29, 1.82) is 0 Å². The summed E-state index contributed by atoms with van der Waals surface area (Å²) in [7, 11) is 0. The maximum atomic E-state index is 12.3. The molecule has 0 aromatic heterocycles. The van der Waals surface area contributed by atoms with E-state index < -0.39 is 12.1 Å². The number of nitrogens with one attached hydrogen (secondary N) is 1. The molecule has 0 aromatic carbocycles. The van der Waals surface area contributed by atoms with E-state index in [9.17, 15) is 15.0 Å². The zero-order valence-electron chi connectivity index (χ0n) is 35.5. The number of amides is 1. The van der Waals surface area contributed by atoms with Crippen molar-refractivity contribution < 1.29 is 15.0 Å². The Bertz CT molecular complexity index is 988. The number of aliphatic hydroxyl groups excluding tert-OH is 2. The average molecular weight is 750 g/mol. The fourth-order valence-electron chi connectivity index (χ4n) is 6.50. The van der Waals surface area contributed by atoms with Gasteiger partial charge in [0.15, 0.2) is 0 Å². The zero-order chi connectivity index (χ0) is 39.3. The summed E-state index contributed by atoms with van der Waals surface area (Å²) in [5, 5.41) is 22.8. The molecule has 0 aromatic rings. The second-order valence-corrected chi connectivity index (χ2v) is 15.1. The van der Waals surface area contributed by atoms with E-state index in [1.54, 1.807) is 6.08 Å². The molecule has 4 heteroatoms. The van der Waals surface area contributed by atoms with Gasteiger partial charge in [0.05, 0.1) is 18.8 Å². The van der Waals surface area contributed by atoms with Crippen LogP contribution in [0.3, 0.4) is 0 Å². The Hall–Kier alpha value is -2.43. The molecule has 0 fully saturated rings. The molecular formula is C50H87NO3. The Morgan fingerprint density at radius 2 is 0.852 bits per heavy atom. The molecule has 0 bridgehead atoms. The third kappa shape index (κ3) is 40.7. The molecule has 4 nitrogen and oxygen atoms in total. The lowest BCUT2D eigenvalue weighted by Gasteiger charge is -2.19. The number of carbonyl (C=O) groups excluding carboxylic acids is 1. The van der Waals surface area contributed by atoms with Gasteiger partial charge in [-0.2, -0.15) is 0 Å². The van der Waals surface area contributed by atoms with Gasteiger partial charge >= 0.3 is 0 Å². The largest absolute Gasteiger partial charge is 0.394 e. The summed E-state index contributed by atoms with van der Waals surface area (Å²) in [5.74, 6) is -0.0825. The molecule has 2 unspecified atom stereocenters. The molecule has 0 radical (unpaired) electrons. The molecule has 0 saturated carbocycles. The van der Waals surface area contributed by atoms with Gasteiger partial charge in [0.1, 0.15) is 0 Å². The highest BCUT2D eigenvalue weighted by Crippen LogP contribution is 2.15. The fourth-order valence-corrected chi connectivity index (χ4v) is 6.50. The van der Waals surface area contributed by atoms with E-state index >= 15 is 0 Å². The van der Waals surface area contributed by atoms with Crippen LogP contribution in [0.1, 0.15) is 206 Å². The molecule has 1 amide bonds. The topological polar surface area (TPSA) is 69.6 Å². The Kier molecular flexibility index (Phi) is 42.9. The summed E-state index contributed by atoms with van der Waals surface area (Å²) in [6.45, 7) is 3.94. The molecule has 0 aliphatic heterocycles. The van der Waals surface area contributed by atoms with Crippen LogP contribution in [0.2, 0.25) is 0 Å². The van der Waals surface area contributed by atoms with Crippen LogP contribution in [0.15, 0.2) is 85.1 Å². The number of aliphatic hydroxyl groups is 2. The molecule has 0 saturated heterocycles. The standard InChI is InChI=1S/C50H87NO3/c1-3-5-7-9-11-13-14-15-16-17-18-19-20-21-22-23-24-25-26-27-28-29-30-31-32-33-34-35-36-38-40-42-44-46-50(54)51-48(47-52)49(53)45-43-41-39-37-12-10-8-6-4-2/h4-7,11-13,15-16,18-19,37,43,45,48-49,52-53H,3,8-10,14,17,20-36,38-42,44,46-47H2,1-2H3,(H,51,54)/b6-4+,7-5-,13-11-,16-15-,19-18-,37-12+,45-43+. The Morgan fingerprint density at radius 1 is 0.481 bits per heavy atom. The number of carbonyl (C=O) groups is 1. The Morgan fingerprint density at radius 3 is 1.30 bits per heavy atom. The SMILES string of the molecule is C/C=C/CC/C=C/CC/C=C/C(O)C(CO)NC(=O)CCCCCCCCCCCCCCCCCCCCCC/C=C\C/C=C\C/C=C\C/C=C\CC. The summed E-state index contributed by atoms with van der Waals surface area (Å²) in [4.78, 5) is 12.3. The first-order valence-electron chi connectivity index (χ1n) is 22.8. The van der Waals surface area contributed by atoms with Crippen LogP contribution in [0, 0.1) is 0 Å². The van der Waals surface area contributed by atoms with Crippen LogP contribution >= 0.6 is 0 Å². The van der Waals surface area contributed by atoms with Crippen LogP contribution in [0.4, 0.5) is 0 Å². The predicted molar refractivity (Wildman–Crippen MR) is 239 cm³/mol. The van der Waals surface area contributed by atoms with E-state index in [-0.39, 0.29) is 12.5 Å². The van der Waals surface area contributed by atoms with Crippen LogP contribution in [-0.2, 0) is 4.79 Å². The van der Waals surface area contributed by atoms with Crippen LogP contribution in [-0.4, -0.2) is 34.9 Å². The van der Waals surface area contributed by atoms with Crippen molar-refractivity contribution in [3.63, 3.8) is 0 Å². The second-order valence-electron chi connectivity index (χ2n) is 15.1. The Balaban J connectivity index is 3.45. The highest BCUT2D eigenvalue weighted by atomic mass is 16.3. The monoisotopic (exact) mass is 750 g/mol. The highest BCUT2D eigenvalue weighted by molar-refractivity contribution is 5.76. The van der Waals surface area contributed by atoms with Crippen molar-refractivity contribution in [2.45, 2.75) is 219 Å². The quantitative estimate of drug-likeness (QED) is 0.0431. The zero-order valence-corrected chi connectivity index (χ0v) is 35.5. The average Bonchev–Trinajstić information content (AvgIpc) is 3.18. The van der Waals surface area contributed by atoms with Gasteiger partial charge in [-0.15, -0.1) is 0 Å². The maximum absolute atomic E-state index is 12.3. The summed E-state index contributed by atoms with van der Waals surface area (Å²) < 4.78 is 0. The predicted octanol–water partition coefficient (Wildman–Crippen LogP) is 14.5. The molecule has 310 valence electrons.